The van der Waals surface area contributed by atoms with E-state index in [1.807, 2.05) is 6.07 Å². The molecule has 9 heteroatoms. The molecule has 3 aromatic carbocycles. The van der Waals surface area contributed by atoms with Crippen molar-refractivity contribution in [2.24, 2.45) is 11.7 Å². The fourth-order valence-electron chi connectivity index (χ4n) is 4.63. The van der Waals surface area contributed by atoms with E-state index in [2.05, 4.69) is 0 Å². The van der Waals surface area contributed by atoms with Gasteiger partial charge in [-0.3, -0.25) is 4.79 Å². The van der Waals surface area contributed by atoms with Gasteiger partial charge in [-0.15, -0.1) is 0 Å². The van der Waals surface area contributed by atoms with Crippen molar-refractivity contribution in [3.63, 3.8) is 0 Å². The number of carbonyl (C=O) groups excluding carboxylic acids is 1. The number of carbonyl (C=O) groups is 2. The Balaban J connectivity index is 1.36. The first kappa shape index (κ1) is 26.4. The van der Waals surface area contributed by atoms with Crippen LogP contribution in [0, 0.1) is 5.92 Å². The minimum Gasteiger partial charge on any atom is -0.489 e. The third-order valence-electron chi connectivity index (χ3n) is 6.79. The minimum atomic E-state index is -0.977. The standard InChI is InChI=1S/C29H24Cl3NO5/c30-21-4-2-5-22(31)26(21)27(33)20(28(34)15-7-8-15)14-37-16-9-10-19(23(32)13-16)25-12-11-17-18(29(35)36)3-1-6-24(17)38-25/h1-6,9-10,13,15,25H,7-8,11-12,14,33H2,(H,35,36). The molecule has 1 unspecified atom stereocenters. The first-order valence-electron chi connectivity index (χ1n) is 12.2. The largest absolute Gasteiger partial charge is 0.489 e. The zero-order valence-electron chi connectivity index (χ0n) is 20.2. The van der Waals surface area contributed by atoms with Crippen molar-refractivity contribution < 1.29 is 24.2 Å². The molecule has 1 fully saturated rings. The molecule has 0 radical (unpaired) electrons. The van der Waals surface area contributed by atoms with Crippen molar-refractivity contribution in [3.8, 4) is 11.5 Å². The van der Waals surface area contributed by atoms with Crippen molar-refractivity contribution in [1.29, 1.82) is 0 Å². The third-order valence-corrected chi connectivity index (χ3v) is 7.75. The number of ether oxygens (including phenoxy) is 2. The van der Waals surface area contributed by atoms with Gasteiger partial charge in [0.2, 0.25) is 0 Å². The fourth-order valence-corrected chi connectivity index (χ4v) is 5.53. The molecule has 1 saturated carbocycles. The van der Waals surface area contributed by atoms with E-state index in [-0.39, 0.29) is 35.7 Å². The van der Waals surface area contributed by atoms with Crippen LogP contribution in [0.5, 0.6) is 11.5 Å². The molecular formula is C29H24Cl3NO5. The summed E-state index contributed by atoms with van der Waals surface area (Å²) in [5.74, 6) is -0.125. The number of ketones is 1. The summed E-state index contributed by atoms with van der Waals surface area (Å²) in [6, 6.07) is 15.3. The molecule has 0 aromatic heterocycles. The van der Waals surface area contributed by atoms with Gasteiger partial charge in [-0.1, -0.05) is 53.0 Å². The van der Waals surface area contributed by atoms with E-state index in [1.54, 1.807) is 48.5 Å². The maximum atomic E-state index is 13.1. The summed E-state index contributed by atoms with van der Waals surface area (Å²) in [6.45, 7) is -0.0658. The van der Waals surface area contributed by atoms with E-state index in [0.29, 0.717) is 56.1 Å². The van der Waals surface area contributed by atoms with Crippen LogP contribution < -0.4 is 15.2 Å². The second-order valence-corrected chi connectivity index (χ2v) is 10.6. The number of carboxylic acids is 1. The summed E-state index contributed by atoms with van der Waals surface area (Å²) in [7, 11) is 0. The molecule has 3 aromatic rings. The predicted molar refractivity (Wildman–Crippen MR) is 147 cm³/mol. The van der Waals surface area contributed by atoms with Gasteiger partial charge in [0.05, 0.1) is 31.9 Å². The first-order chi connectivity index (χ1) is 18.2. The highest BCUT2D eigenvalue weighted by atomic mass is 35.5. The normalized spacial score (nSPS) is 17.2. The number of hydrogen-bond donors (Lipinski definition) is 2. The van der Waals surface area contributed by atoms with Crippen LogP contribution in [-0.4, -0.2) is 23.5 Å². The van der Waals surface area contributed by atoms with Gasteiger partial charge in [-0.2, -0.15) is 0 Å². The molecule has 1 atom stereocenters. The second-order valence-electron chi connectivity index (χ2n) is 9.33. The lowest BCUT2D eigenvalue weighted by molar-refractivity contribution is -0.116. The maximum Gasteiger partial charge on any atom is 0.336 e. The molecule has 196 valence electrons. The Hall–Kier alpha value is -3.19. The summed E-state index contributed by atoms with van der Waals surface area (Å²) in [5.41, 5.74) is 9.06. The number of fused-ring (bicyclic) bond motifs is 1. The molecule has 0 bridgehead atoms. The highest BCUT2D eigenvalue weighted by Gasteiger charge is 2.34. The molecule has 1 heterocycles. The average molecular weight is 573 g/mol. The molecule has 3 N–H and O–H groups in total. The van der Waals surface area contributed by atoms with Crippen LogP contribution >= 0.6 is 34.8 Å². The van der Waals surface area contributed by atoms with Gasteiger partial charge in [0.25, 0.3) is 0 Å². The monoisotopic (exact) mass is 571 g/mol. The van der Waals surface area contributed by atoms with Crippen molar-refractivity contribution in [3.05, 3.63) is 97.5 Å². The Bertz CT molecular complexity index is 1440. The van der Waals surface area contributed by atoms with Gasteiger partial charge in [-0.25, -0.2) is 4.79 Å². The van der Waals surface area contributed by atoms with E-state index < -0.39 is 5.97 Å². The Labute approximate surface area is 234 Å². The van der Waals surface area contributed by atoms with E-state index in [1.165, 1.54) is 0 Å². The minimum absolute atomic E-state index is 0.0658. The highest BCUT2D eigenvalue weighted by Crippen LogP contribution is 2.40. The maximum absolute atomic E-state index is 13.1. The third kappa shape index (κ3) is 5.35. The number of nitrogens with two attached hydrogens (primary N) is 1. The molecule has 6 nitrogen and oxygen atoms in total. The molecular weight excluding hydrogens is 549 g/mol. The predicted octanol–water partition coefficient (Wildman–Crippen LogP) is 7.14. The van der Waals surface area contributed by atoms with Crippen LogP contribution in [0.3, 0.4) is 0 Å². The van der Waals surface area contributed by atoms with E-state index in [4.69, 9.17) is 50.0 Å². The van der Waals surface area contributed by atoms with Crippen LogP contribution in [0.15, 0.2) is 60.2 Å². The van der Waals surface area contributed by atoms with Crippen LogP contribution in [-0.2, 0) is 11.2 Å². The first-order valence-corrected chi connectivity index (χ1v) is 13.3. The number of carboxylic acid groups (broad SMARTS) is 1. The Morgan fingerprint density at radius 2 is 1.68 bits per heavy atom. The molecule has 0 amide bonds. The summed E-state index contributed by atoms with van der Waals surface area (Å²) < 4.78 is 12.1. The van der Waals surface area contributed by atoms with Crippen molar-refractivity contribution >= 4 is 52.3 Å². The number of aromatic carboxylic acids is 1. The lowest BCUT2D eigenvalue weighted by Crippen LogP contribution is -2.19. The van der Waals surface area contributed by atoms with Crippen LogP contribution in [0.1, 0.15) is 52.4 Å². The fraction of sp³-hybridized carbons (Fsp3) is 0.241. The smallest absolute Gasteiger partial charge is 0.336 e. The molecule has 1 aliphatic carbocycles. The van der Waals surface area contributed by atoms with Crippen LogP contribution in [0.4, 0.5) is 0 Å². The van der Waals surface area contributed by atoms with Crippen molar-refractivity contribution in [1.82, 2.24) is 0 Å². The van der Waals surface area contributed by atoms with Crippen molar-refractivity contribution in [2.45, 2.75) is 31.8 Å². The molecule has 2 aliphatic rings. The summed E-state index contributed by atoms with van der Waals surface area (Å²) in [5, 5.41) is 10.6. The van der Waals surface area contributed by atoms with E-state index >= 15 is 0 Å². The molecule has 5 rings (SSSR count). The summed E-state index contributed by atoms with van der Waals surface area (Å²) in [4.78, 5) is 24.6. The number of halogens is 3. The summed E-state index contributed by atoms with van der Waals surface area (Å²) >= 11 is 19.3. The second kappa shape index (κ2) is 10.9. The van der Waals surface area contributed by atoms with Gasteiger partial charge in [0.15, 0.2) is 5.78 Å². The average Bonchev–Trinajstić information content (AvgIpc) is 3.73. The van der Waals surface area contributed by atoms with E-state index in [9.17, 15) is 14.7 Å². The number of benzene rings is 3. The SMILES string of the molecule is NC(=C(COc1ccc(C2CCc3c(cccc3C(=O)O)O2)c(Cl)c1)C(=O)C1CC1)c1c(Cl)cccc1Cl. The van der Waals surface area contributed by atoms with Gasteiger partial charge < -0.3 is 20.3 Å². The quantitative estimate of drug-likeness (QED) is 0.278. The Kier molecular flexibility index (Phi) is 7.57. The highest BCUT2D eigenvalue weighted by molar-refractivity contribution is 6.37. The topological polar surface area (TPSA) is 98.8 Å². The Morgan fingerprint density at radius 3 is 2.34 bits per heavy atom. The van der Waals surface area contributed by atoms with Crippen LogP contribution in [0.2, 0.25) is 15.1 Å². The Morgan fingerprint density at radius 1 is 0.974 bits per heavy atom. The zero-order chi connectivity index (χ0) is 27.0. The summed E-state index contributed by atoms with van der Waals surface area (Å²) in [6.07, 6.45) is 2.42. The lowest BCUT2D eigenvalue weighted by Gasteiger charge is -2.28. The molecule has 1 aliphatic heterocycles. The number of Topliss-reactive ketones (excluding diaryl/α,β-unsaturated/α-hetero) is 1. The molecule has 0 spiro atoms. The van der Waals surface area contributed by atoms with Gasteiger partial charge >= 0.3 is 5.97 Å². The van der Waals surface area contributed by atoms with Gasteiger partial charge in [-0.05, 0) is 62.1 Å². The van der Waals surface area contributed by atoms with E-state index in [0.717, 1.165) is 18.4 Å². The van der Waals surface area contributed by atoms with Crippen LogP contribution in [0.25, 0.3) is 5.70 Å². The van der Waals surface area contributed by atoms with Gasteiger partial charge in [0, 0.05) is 22.6 Å². The molecule has 0 saturated heterocycles. The molecule has 38 heavy (non-hydrogen) atoms. The van der Waals surface area contributed by atoms with Crippen molar-refractivity contribution in [2.75, 3.05) is 6.61 Å². The zero-order valence-corrected chi connectivity index (χ0v) is 22.4. The number of rotatable bonds is 8. The van der Waals surface area contributed by atoms with Gasteiger partial charge in [0.1, 0.15) is 24.2 Å². The number of hydrogen-bond acceptors (Lipinski definition) is 5. The lowest BCUT2D eigenvalue weighted by atomic mass is 9.94.